The lowest BCUT2D eigenvalue weighted by atomic mass is 10.1. The van der Waals surface area contributed by atoms with Crippen LogP contribution in [0.15, 0.2) is 51.5 Å². The minimum atomic E-state index is -0.281. The second-order valence-electron chi connectivity index (χ2n) is 4.52. The molecule has 0 unspecified atom stereocenters. The Bertz CT molecular complexity index is 788. The van der Waals surface area contributed by atoms with Gasteiger partial charge in [0, 0.05) is 22.1 Å². The molecule has 0 fully saturated rings. The Morgan fingerprint density at radius 1 is 1.19 bits per heavy atom. The molecule has 0 amide bonds. The molecule has 2 aromatic carbocycles. The van der Waals surface area contributed by atoms with E-state index in [1.165, 1.54) is 6.07 Å². The summed E-state index contributed by atoms with van der Waals surface area (Å²) in [5.74, 6) is 0.508. The standard InChI is InChI=1S/C15H11BrFN3O/c16-11-6-5-10(7-13(11)18)15-19-14(20-21-15)8-9-3-1-2-4-12(9)17/h1-7H,8,18H2. The van der Waals surface area contributed by atoms with Gasteiger partial charge in [-0.2, -0.15) is 4.98 Å². The van der Waals surface area contributed by atoms with Crippen LogP contribution in [0.2, 0.25) is 0 Å². The van der Waals surface area contributed by atoms with Gasteiger partial charge in [0.15, 0.2) is 5.82 Å². The second-order valence-corrected chi connectivity index (χ2v) is 5.37. The fraction of sp³-hybridized carbons (Fsp3) is 0.0667. The van der Waals surface area contributed by atoms with Crippen LogP contribution in [0.5, 0.6) is 0 Å². The summed E-state index contributed by atoms with van der Waals surface area (Å²) in [6.45, 7) is 0. The quantitative estimate of drug-likeness (QED) is 0.731. The van der Waals surface area contributed by atoms with Crippen molar-refractivity contribution in [3.8, 4) is 11.5 Å². The van der Waals surface area contributed by atoms with Gasteiger partial charge in [-0.15, -0.1) is 0 Å². The van der Waals surface area contributed by atoms with Crippen LogP contribution in [0, 0.1) is 5.82 Å². The van der Waals surface area contributed by atoms with E-state index < -0.39 is 0 Å². The van der Waals surface area contributed by atoms with E-state index in [-0.39, 0.29) is 12.2 Å². The highest BCUT2D eigenvalue weighted by atomic mass is 79.9. The van der Waals surface area contributed by atoms with Crippen molar-refractivity contribution in [1.29, 1.82) is 0 Å². The monoisotopic (exact) mass is 347 g/mol. The van der Waals surface area contributed by atoms with Crippen LogP contribution in [0.1, 0.15) is 11.4 Å². The van der Waals surface area contributed by atoms with Crippen molar-refractivity contribution >= 4 is 21.6 Å². The summed E-state index contributed by atoms with van der Waals surface area (Å²) in [7, 11) is 0. The number of hydrogen-bond acceptors (Lipinski definition) is 4. The van der Waals surface area contributed by atoms with Crippen LogP contribution in [0.4, 0.5) is 10.1 Å². The molecular weight excluding hydrogens is 337 g/mol. The molecule has 4 nitrogen and oxygen atoms in total. The first-order chi connectivity index (χ1) is 10.1. The summed E-state index contributed by atoms with van der Waals surface area (Å²) < 4.78 is 19.6. The molecule has 2 N–H and O–H groups in total. The Labute approximate surface area is 128 Å². The van der Waals surface area contributed by atoms with Crippen LogP contribution < -0.4 is 5.73 Å². The zero-order chi connectivity index (χ0) is 14.8. The van der Waals surface area contributed by atoms with E-state index in [1.807, 2.05) is 12.1 Å². The number of halogens is 2. The van der Waals surface area contributed by atoms with Crippen molar-refractivity contribution in [1.82, 2.24) is 10.1 Å². The molecule has 6 heteroatoms. The van der Waals surface area contributed by atoms with Gasteiger partial charge in [0.05, 0.1) is 0 Å². The molecule has 1 aromatic heterocycles. The van der Waals surface area contributed by atoms with Crippen LogP contribution in [-0.4, -0.2) is 10.1 Å². The Hall–Kier alpha value is -2.21. The summed E-state index contributed by atoms with van der Waals surface area (Å²) in [5, 5.41) is 3.88. The van der Waals surface area contributed by atoms with Crippen LogP contribution in [-0.2, 0) is 6.42 Å². The van der Waals surface area contributed by atoms with Crippen LogP contribution in [0.25, 0.3) is 11.5 Å². The number of anilines is 1. The van der Waals surface area contributed by atoms with Gasteiger partial charge < -0.3 is 10.3 Å². The third-order valence-corrected chi connectivity index (χ3v) is 3.74. The molecule has 0 atom stereocenters. The number of aromatic nitrogens is 2. The van der Waals surface area contributed by atoms with Gasteiger partial charge in [-0.3, -0.25) is 0 Å². The number of benzene rings is 2. The molecule has 0 bridgehead atoms. The summed E-state index contributed by atoms with van der Waals surface area (Å²) in [5.41, 5.74) is 7.66. The maximum absolute atomic E-state index is 13.6. The number of nitrogens with two attached hydrogens (primary N) is 1. The Morgan fingerprint density at radius 3 is 2.76 bits per heavy atom. The topological polar surface area (TPSA) is 64.9 Å². The lowest BCUT2D eigenvalue weighted by molar-refractivity contribution is 0.423. The minimum Gasteiger partial charge on any atom is -0.398 e. The van der Waals surface area contributed by atoms with Crippen molar-refractivity contribution in [2.24, 2.45) is 0 Å². The lowest BCUT2D eigenvalue weighted by Crippen LogP contribution is -1.94. The number of nitrogens with zero attached hydrogens (tertiary/aromatic N) is 2. The van der Waals surface area contributed by atoms with Gasteiger partial charge in [0.2, 0.25) is 0 Å². The molecule has 1 heterocycles. The Morgan fingerprint density at radius 2 is 2.00 bits per heavy atom. The zero-order valence-electron chi connectivity index (χ0n) is 10.9. The lowest BCUT2D eigenvalue weighted by Gasteiger charge is -1.99. The summed E-state index contributed by atoms with van der Waals surface area (Å²) >= 11 is 3.33. The molecule has 0 spiro atoms. The predicted molar refractivity (Wildman–Crippen MR) is 81.1 cm³/mol. The molecule has 21 heavy (non-hydrogen) atoms. The van der Waals surface area contributed by atoms with E-state index in [9.17, 15) is 4.39 Å². The number of hydrogen-bond donors (Lipinski definition) is 1. The molecule has 106 valence electrons. The molecule has 0 saturated heterocycles. The maximum atomic E-state index is 13.6. The minimum absolute atomic E-state index is 0.280. The van der Waals surface area contributed by atoms with E-state index in [1.54, 1.807) is 24.3 Å². The predicted octanol–water partition coefficient (Wildman–Crippen LogP) is 3.81. The molecular formula is C15H11BrFN3O. The van der Waals surface area contributed by atoms with Gasteiger partial charge in [-0.25, -0.2) is 4.39 Å². The van der Waals surface area contributed by atoms with Gasteiger partial charge in [-0.05, 0) is 45.8 Å². The molecule has 0 aliphatic heterocycles. The maximum Gasteiger partial charge on any atom is 0.258 e. The fourth-order valence-corrected chi connectivity index (χ4v) is 2.18. The Kier molecular flexibility index (Phi) is 3.70. The number of nitrogen functional groups attached to an aromatic ring is 1. The van der Waals surface area contributed by atoms with Crippen molar-refractivity contribution < 1.29 is 8.91 Å². The van der Waals surface area contributed by atoms with E-state index in [0.717, 1.165) is 10.0 Å². The third-order valence-electron chi connectivity index (χ3n) is 3.02. The SMILES string of the molecule is Nc1cc(-c2nc(Cc3ccccc3F)no2)ccc1Br. The normalized spacial score (nSPS) is 10.8. The fourth-order valence-electron chi connectivity index (χ4n) is 1.93. The highest BCUT2D eigenvalue weighted by Gasteiger charge is 2.12. The average Bonchev–Trinajstić information content (AvgIpc) is 2.93. The average molecular weight is 348 g/mol. The largest absolute Gasteiger partial charge is 0.398 e. The van der Waals surface area contributed by atoms with Crippen molar-refractivity contribution in [3.63, 3.8) is 0 Å². The highest BCUT2D eigenvalue weighted by Crippen LogP contribution is 2.26. The first-order valence-electron chi connectivity index (χ1n) is 6.25. The van der Waals surface area contributed by atoms with Gasteiger partial charge >= 0.3 is 0 Å². The van der Waals surface area contributed by atoms with Gasteiger partial charge in [-0.1, -0.05) is 23.4 Å². The summed E-state index contributed by atoms with van der Waals surface area (Å²) in [6.07, 6.45) is 0.280. The zero-order valence-corrected chi connectivity index (χ0v) is 12.5. The van der Waals surface area contributed by atoms with Crippen LogP contribution in [0.3, 0.4) is 0 Å². The van der Waals surface area contributed by atoms with E-state index in [2.05, 4.69) is 26.1 Å². The van der Waals surface area contributed by atoms with E-state index in [4.69, 9.17) is 10.3 Å². The highest BCUT2D eigenvalue weighted by molar-refractivity contribution is 9.10. The summed E-state index contributed by atoms with van der Waals surface area (Å²) in [4.78, 5) is 4.27. The van der Waals surface area contributed by atoms with Crippen molar-refractivity contribution in [2.75, 3.05) is 5.73 Å². The van der Waals surface area contributed by atoms with Crippen molar-refractivity contribution in [3.05, 3.63) is 64.1 Å². The van der Waals surface area contributed by atoms with Crippen LogP contribution >= 0.6 is 15.9 Å². The Balaban J connectivity index is 1.86. The van der Waals surface area contributed by atoms with E-state index in [0.29, 0.717) is 23.0 Å². The van der Waals surface area contributed by atoms with Gasteiger partial charge in [0.25, 0.3) is 5.89 Å². The molecule has 3 rings (SSSR count). The first-order valence-corrected chi connectivity index (χ1v) is 7.04. The molecule has 0 aliphatic rings. The molecule has 3 aromatic rings. The molecule has 0 radical (unpaired) electrons. The van der Waals surface area contributed by atoms with E-state index >= 15 is 0 Å². The molecule has 0 aliphatic carbocycles. The van der Waals surface area contributed by atoms with Crippen molar-refractivity contribution in [2.45, 2.75) is 6.42 Å². The summed E-state index contributed by atoms with van der Waals surface area (Å²) in [6, 6.07) is 11.9. The second kappa shape index (κ2) is 5.65. The molecule has 0 saturated carbocycles. The number of rotatable bonds is 3. The smallest absolute Gasteiger partial charge is 0.258 e. The van der Waals surface area contributed by atoms with Gasteiger partial charge in [0.1, 0.15) is 5.82 Å². The first kappa shape index (κ1) is 13.8. The third kappa shape index (κ3) is 2.95.